The normalized spacial score (nSPS) is 42.3. The van der Waals surface area contributed by atoms with Crippen molar-refractivity contribution >= 4 is 6.09 Å². The number of nitrogens with one attached hydrogen (secondary N) is 2. The molecule has 0 aromatic rings. The van der Waals surface area contributed by atoms with Gasteiger partial charge in [0.1, 0.15) is 0 Å². The first-order valence-corrected chi connectivity index (χ1v) is 6.48. The van der Waals surface area contributed by atoms with Crippen LogP contribution in [-0.2, 0) is 0 Å². The predicted octanol–water partition coefficient (Wildman–Crippen LogP) is 1.56. The first kappa shape index (κ1) is 13.2. The molecule has 0 heterocycles. The zero-order valence-corrected chi connectivity index (χ0v) is 11.0. The van der Waals surface area contributed by atoms with Crippen molar-refractivity contribution in [3.63, 3.8) is 0 Å². The summed E-state index contributed by atoms with van der Waals surface area (Å²) >= 11 is 0. The number of hydrogen-bond donors (Lipinski definition) is 3. The van der Waals surface area contributed by atoms with E-state index in [0.29, 0.717) is 12.5 Å². The molecule has 0 spiro atoms. The van der Waals surface area contributed by atoms with Gasteiger partial charge in [-0.05, 0) is 44.1 Å². The Hall–Kier alpha value is -1.28. The van der Waals surface area contributed by atoms with Crippen LogP contribution in [-0.4, -0.2) is 30.3 Å². The van der Waals surface area contributed by atoms with Gasteiger partial charge in [0, 0.05) is 18.0 Å². The van der Waals surface area contributed by atoms with E-state index in [4.69, 9.17) is 10.4 Å². The molecule has 4 atom stereocenters. The van der Waals surface area contributed by atoms with Crippen LogP contribution in [0.3, 0.4) is 0 Å². The Kier molecular flexibility index (Phi) is 3.24. The van der Waals surface area contributed by atoms with Gasteiger partial charge in [-0.2, -0.15) is 5.26 Å². The molecule has 0 aromatic heterocycles. The Bertz CT molecular complexity index is 392. The third-order valence-corrected chi connectivity index (χ3v) is 4.79. The Morgan fingerprint density at radius 3 is 2.78 bits per heavy atom. The minimum atomic E-state index is -0.957. The SMILES string of the molecule is CNC12CC(C#N)CC1CC(C)(CNC(=O)O)C2. The van der Waals surface area contributed by atoms with E-state index in [-0.39, 0.29) is 16.9 Å². The van der Waals surface area contributed by atoms with Crippen molar-refractivity contribution in [3.8, 4) is 6.07 Å². The zero-order valence-electron chi connectivity index (χ0n) is 11.0. The van der Waals surface area contributed by atoms with E-state index in [1.165, 1.54) is 0 Å². The lowest BCUT2D eigenvalue weighted by atomic mass is 9.83. The highest BCUT2D eigenvalue weighted by Crippen LogP contribution is 2.56. The fourth-order valence-electron chi connectivity index (χ4n) is 4.10. The van der Waals surface area contributed by atoms with Crippen LogP contribution in [0.4, 0.5) is 4.79 Å². The highest BCUT2D eigenvalue weighted by atomic mass is 16.4. The smallest absolute Gasteiger partial charge is 0.404 e. The standard InChI is InChI=1S/C13H21N3O2/c1-12(8-16-11(17)18)5-10-3-9(6-14)4-13(10,7-12)15-2/h9-10,15-16H,3-5,7-8H2,1-2H3,(H,17,18). The summed E-state index contributed by atoms with van der Waals surface area (Å²) in [6.45, 7) is 2.64. The maximum atomic E-state index is 10.6. The number of rotatable bonds is 3. The molecule has 5 nitrogen and oxygen atoms in total. The van der Waals surface area contributed by atoms with Gasteiger partial charge in [0.2, 0.25) is 0 Å². The van der Waals surface area contributed by atoms with Gasteiger partial charge in [0.05, 0.1) is 6.07 Å². The Morgan fingerprint density at radius 2 is 2.28 bits per heavy atom. The molecule has 0 bridgehead atoms. The van der Waals surface area contributed by atoms with Crippen molar-refractivity contribution in [2.45, 2.75) is 38.1 Å². The molecular formula is C13H21N3O2. The van der Waals surface area contributed by atoms with Gasteiger partial charge < -0.3 is 15.7 Å². The van der Waals surface area contributed by atoms with Crippen LogP contribution in [0.15, 0.2) is 0 Å². The number of nitrogens with zero attached hydrogens (tertiary/aromatic N) is 1. The number of carboxylic acid groups (broad SMARTS) is 1. The molecule has 2 fully saturated rings. The molecule has 0 radical (unpaired) electrons. The van der Waals surface area contributed by atoms with Crippen molar-refractivity contribution in [1.29, 1.82) is 5.26 Å². The molecule has 0 saturated heterocycles. The molecule has 5 heteroatoms. The van der Waals surface area contributed by atoms with E-state index in [2.05, 4.69) is 23.6 Å². The summed E-state index contributed by atoms with van der Waals surface area (Å²) < 4.78 is 0. The molecule has 0 aromatic carbocycles. The lowest BCUT2D eigenvalue weighted by molar-refractivity contribution is 0.183. The lowest BCUT2D eigenvalue weighted by Gasteiger charge is -2.31. The van der Waals surface area contributed by atoms with E-state index in [9.17, 15) is 4.79 Å². The third kappa shape index (κ3) is 2.17. The van der Waals surface area contributed by atoms with Gasteiger partial charge in [-0.15, -0.1) is 0 Å². The second-order valence-electron chi connectivity index (χ2n) is 6.22. The minimum Gasteiger partial charge on any atom is -0.465 e. The summed E-state index contributed by atoms with van der Waals surface area (Å²) in [5.74, 6) is 0.646. The number of amides is 1. The number of hydrogen-bond acceptors (Lipinski definition) is 3. The predicted molar refractivity (Wildman–Crippen MR) is 67.0 cm³/mol. The molecule has 4 unspecified atom stereocenters. The maximum Gasteiger partial charge on any atom is 0.404 e. The fourth-order valence-corrected chi connectivity index (χ4v) is 4.10. The molecule has 2 saturated carbocycles. The highest BCUT2D eigenvalue weighted by Gasteiger charge is 2.56. The second kappa shape index (κ2) is 4.43. The van der Waals surface area contributed by atoms with Gasteiger partial charge in [0.25, 0.3) is 0 Å². The quantitative estimate of drug-likeness (QED) is 0.710. The van der Waals surface area contributed by atoms with Crippen LogP contribution >= 0.6 is 0 Å². The van der Waals surface area contributed by atoms with Gasteiger partial charge in [-0.25, -0.2) is 4.79 Å². The van der Waals surface area contributed by atoms with Gasteiger partial charge in [-0.1, -0.05) is 6.92 Å². The Morgan fingerprint density at radius 1 is 1.56 bits per heavy atom. The van der Waals surface area contributed by atoms with E-state index in [1.54, 1.807) is 0 Å². The first-order chi connectivity index (χ1) is 8.43. The lowest BCUT2D eigenvalue weighted by Crippen LogP contribution is -2.44. The number of fused-ring (bicyclic) bond motifs is 1. The molecule has 2 aliphatic rings. The molecule has 18 heavy (non-hydrogen) atoms. The summed E-state index contributed by atoms with van der Waals surface area (Å²) in [6.07, 6.45) is 2.82. The van der Waals surface area contributed by atoms with Gasteiger partial charge in [-0.3, -0.25) is 0 Å². The molecule has 2 aliphatic carbocycles. The molecule has 3 N–H and O–H groups in total. The van der Waals surface area contributed by atoms with Gasteiger partial charge >= 0.3 is 6.09 Å². The van der Waals surface area contributed by atoms with E-state index in [1.807, 2.05) is 7.05 Å². The van der Waals surface area contributed by atoms with Crippen LogP contribution < -0.4 is 10.6 Å². The van der Waals surface area contributed by atoms with Crippen LogP contribution in [0.25, 0.3) is 0 Å². The van der Waals surface area contributed by atoms with Crippen LogP contribution in [0.1, 0.15) is 32.6 Å². The Labute approximate surface area is 108 Å². The Balaban J connectivity index is 2.07. The average Bonchev–Trinajstić information content (AvgIpc) is 2.77. The van der Waals surface area contributed by atoms with E-state index < -0.39 is 6.09 Å². The molecule has 100 valence electrons. The van der Waals surface area contributed by atoms with E-state index in [0.717, 1.165) is 25.7 Å². The van der Waals surface area contributed by atoms with Crippen molar-refractivity contribution in [3.05, 3.63) is 0 Å². The second-order valence-corrected chi connectivity index (χ2v) is 6.22. The summed E-state index contributed by atoms with van der Waals surface area (Å²) in [7, 11) is 1.96. The minimum absolute atomic E-state index is 0.00644. The monoisotopic (exact) mass is 251 g/mol. The van der Waals surface area contributed by atoms with Crippen LogP contribution in [0.2, 0.25) is 0 Å². The summed E-state index contributed by atoms with van der Waals surface area (Å²) in [4.78, 5) is 10.6. The number of nitriles is 1. The largest absolute Gasteiger partial charge is 0.465 e. The molecule has 1 amide bonds. The maximum absolute atomic E-state index is 10.6. The topological polar surface area (TPSA) is 85.2 Å². The molecular weight excluding hydrogens is 230 g/mol. The van der Waals surface area contributed by atoms with Crippen molar-refractivity contribution in [2.24, 2.45) is 17.3 Å². The summed E-state index contributed by atoms with van der Waals surface area (Å²) in [6, 6.07) is 2.38. The number of carbonyl (C=O) groups is 1. The molecule has 0 aliphatic heterocycles. The van der Waals surface area contributed by atoms with Crippen LogP contribution in [0, 0.1) is 28.6 Å². The first-order valence-electron chi connectivity index (χ1n) is 6.48. The van der Waals surface area contributed by atoms with Crippen LogP contribution in [0.5, 0.6) is 0 Å². The van der Waals surface area contributed by atoms with E-state index >= 15 is 0 Å². The van der Waals surface area contributed by atoms with Gasteiger partial charge in [0.15, 0.2) is 0 Å². The average molecular weight is 251 g/mol. The summed E-state index contributed by atoms with van der Waals surface area (Å²) in [5.41, 5.74) is 0.0435. The third-order valence-electron chi connectivity index (χ3n) is 4.79. The van der Waals surface area contributed by atoms with Crippen molar-refractivity contribution in [2.75, 3.05) is 13.6 Å². The highest BCUT2D eigenvalue weighted by molar-refractivity contribution is 5.64. The fraction of sp³-hybridized carbons (Fsp3) is 0.846. The molecule has 2 rings (SSSR count). The summed E-state index contributed by atoms with van der Waals surface area (Å²) in [5, 5.41) is 23.7. The van der Waals surface area contributed by atoms with Crippen molar-refractivity contribution in [1.82, 2.24) is 10.6 Å². The van der Waals surface area contributed by atoms with Crippen molar-refractivity contribution < 1.29 is 9.90 Å². The zero-order chi connectivity index (χ0) is 13.4.